The van der Waals surface area contributed by atoms with Gasteiger partial charge in [0.2, 0.25) is 5.91 Å². The fourth-order valence-corrected chi connectivity index (χ4v) is 3.29. The summed E-state index contributed by atoms with van der Waals surface area (Å²) in [7, 11) is 0. The van der Waals surface area contributed by atoms with Gasteiger partial charge in [-0.3, -0.25) is 14.4 Å². The molecular weight excluding hydrogens is 463 g/mol. The SMILES string of the molecule is CCN(Cc1cccc(NC(=O)c2cccc(NC(=O)CCn3ccnc3)c2)c1)C(=O)C(F)(F)F. The molecule has 8 nitrogen and oxygen atoms in total. The Hall–Kier alpha value is -4.15. The van der Waals surface area contributed by atoms with Gasteiger partial charge in [-0.2, -0.15) is 13.2 Å². The van der Waals surface area contributed by atoms with Crippen molar-refractivity contribution in [2.45, 2.75) is 32.6 Å². The van der Waals surface area contributed by atoms with E-state index in [0.29, 0.717) is 28.4 Å². The van der Waals surface area contributed by atoms with Crippen LogP contribution in [-0.2, 0) is 22.7 Å². The molecule has 0 unspecified atom stereocenters. The van der Waals surface area contributed by atoms with Crippen LogP contribution in [0.25, 0.3) is 0 Å². The lowest BCUT2D eigenvalue weighted by Crippen LogP contribution is -2.40. The van der Waals surface area contributed by atoms with Gasteiger partial charge >= 0.3 is 12.1 Å². The van der Waals surface area contributed by atoms with Crippen molar-refractivity contribution in [2.24, 2.45) is 0 Å². The molecule has 0 spiro atoms. The predicted molar refractivity (Wildman–Crippen MR) is 123 cm³/mol. The van der Waals surface area contributed by atoms with E-state index in [-0.39, 0.29) is 31.0 Å². The zero-order valence-corrected chi connectivity index (χ0v) is 18.9. The molecule has 11 heteroatoms. The number of nitrogens with zero attached hydrogens (tertiary/aromatic N) is 3. The zero-order chi connectivity index (χ0) is 25.4. The highest BCUT2D eigenvalue weighted by Crippen LogP contribution is 2.21. The topological polar surface area (TPSA) is 96.3 Å². The van der Waals surface area contributed by atoms with Crippen LogP contribution in [-0.4, -0.2) is 44.9 Å². The molecule has 0 bridgehead atoms. The van der Waals surface area contributed by atoms with Crippen LogP contribution in [0.1, 0.15) is 29.3 Å². The largest absolute Gasteiger partial charge is 0.471 e. The second-order valence-electron chi connectivity index (χ2n) is 7.65. The number of hydrogen-bond donors (Lipinski definition) is 2. The fourth-order valence-electron chi connectivity index (χ4n) is 3.29. The number of halogens is 3. The summed E-state index contributed by atoms with van der Waals surface area (Å²) in [5.41, 5.74) is 1.52. The van der Waals surface area contributed by atoms with Crippen LogP contribution in [0.15, 0.2) is 67.3 Å². The molecule has 1 heterocycles. The van der Waals surface area contributed by atoms with Crippen molar-refractivity contribution >= 4 is 29.1 Å². The first kappa shape index (κ1) is 25.5. The van der Waals surface area contributed by atoms with Crippen LogP contribution < -0.4 is 10.6 Å². The van der Waals surface area contributed by atoms with Gasteiger partial charge in [-0.15, -0.1) is 0 Å². The average molecular weight is 487 g/mol. The molecule has 0 saturated carbocycles. The maximum atomic E-state index is 12.8. The summed E-state index contributed by atoms with van der Waals surface area (Å²) in [4.78, 5) is 41.1. The van der Waals surface area contributed by atoms with Crippen molar-refractivity contribution < 1.29 is 27.6 Å². The van der Waals surface area contributed by atoms with Gasteiger partial charge in [-0.25, -0.2) is 4.98 Å². The normalized spacial score (nSPS) is 11.1. The van der Waals surface area contributed by atoms with Crippen LogP contribution in [0.3, 0.4) is 0 Å². The number of aromatic nitrogens is 2. The average Bonchev–Trinajstić information content (AvgIpc) is 3.34. The monoisotopic (exact) mass is 487 g/mol. The molecular formula is C24H24F3N5O3. The third-order valence-electron chi connectivity index (χ3n) is 5.03. The minimum atomic E-state index is -4.96. The number of anilines is 2. The number of amides is 3. The van der Waals surface area contributed by atoms with Crippen molar-refractivity contribution in [1.82, 2.24) is 14.5 Å². The number of carbonyl (C=O) groups is 3. The number of hydrogen-bond acceptors (Lipinski definition) is 4. The standard InChI is InChI=1S/C24H24F3N5O3/c1-2-32(23(35)24(25,26)27)15-17-5-3-7-19(13-17)30-22(34)18-6-4-8-20(14-18)29-21(33)9-11-31-12-10-28-16-31/h3-8,10,12-14,16H,2,9,11,15H2,1H3,(H,29,33)(H,30,34). The van der Waals surface area contributed by atoms with Gasteiger partial charge in [-0.1, -0.05) is 18.2 Å². The maximum Gasteiger partial charge on any atom is 0.471 e. The first-order valence-corrected chi connectivity index (χ1v) is 10.8. The number of nitrogens with one attached hydrogen (secondary N) is 2. The summed E-state index contributed by atoms with van der Waals surface area (Å²) in [5.74, 6) is -2.61. The molecule has 0 aliphatic carbocycles. The number of benzene rings is 2. The first-order chi connectivity index (χ1) is 16.7. The van der Waals surface area contributed by atoms with Crippen LogP contribution in [0, 0.1) is 0 Å². The Morgan fingerprint density at radius 2 is 1.74 bits per heavy atom. The summed E-state index contributed by atoms with van der Waals surface area (Å²) >= 11 is 0. The summed E-state index contributed by atoms with van der Waals surface area (Å²) in [6.45, 7) is 1.56. The number of alkyl halides is 3. The van der Waals surface area contributed by atoms with Gasteiger partial charge in [0.1, 0.15) is 0 Å². The molecule has 184 valence electrons. The van der Waals surface area contributed by atoms with E-state index < -0.39 is 18.0 Å². The summed E-state index contributed by atoms with van der Waals surface area (Å²) < 4.78 is 40.1. The van der Waals surface area contributed by atoms with E-state index in [2.05, 4.69) is 15.6 Å². The van der Waals surface area contributed by atoms with Crippen molar-refractivity contribution in [3.63, 3.8) is 0 Å². The van der Waals surface area contributed by atoms with E-state index in [4.69, 9.17) is 0 Å². The Labute approximate surface area is 199 Å². The van der Waals surface area contributed by atoms with Crippen LogP contribution >= 0.6 is 0 Å². The summed E-state index contributed by atoms with van der Waals surface area (Å²) in [5, 5.41) is 5.43. The molecule has 2 N–H and O–H groups in total. The number of rotatable bonds is 9. The highest BCUT2D eigenvalue weighted by atomic mass is 19.4. The van der Waals surface area contributed by atoms with E-state index in [9.17, 15) is 27.6 Å². The molecule has 3 amide bonds. The molecule has 0 radical (unpaired) electrons. The van der Waals surface area contributed by atoms with Crippen LogP contribution in [0.4, 0.5) is 24.5 Å². The quantitative estimate of drug-likeness (QED) is 0.476. The Kier molecular flexibility index (Phi) is 8.24. The highest BCUT2D eigenvalue weighted by molar-refractivity contribution is 6.05. The Morgan fingerprint density at radius 1 is 1.03 bits per heavy atom. The van der Waals surface area contributed by atoms with Crippen molar-refractivity contribution in [2.75, 3.05) is 17.2 Å². The second-order valence-corrected chi connectivity index (χ2v) is 7.65. The van der Waals surface area contributed by atoms with Crippen molar-refractivity contribution in [3.05, 3.63) is 78.4 Å². The lowest BCUT2D eigenvalue weighted by atomic mass is 10.1. The van der Waals surface area contributed by atoms with E-state index in [1.165, 1.54) is 19.1 Å². The van der Waals surface area contributed by atoms with E-state index in [1.807, 2.05) is 0 Å². The van der Waals surface area contributed by atoms with E-state index in [1.54, 1.807) is 59.7 Å². The molecule has 0 aliphatic rings. The predicted octanol–water partition coefficient (Wildman–Crippen LogP) is 4.08. The van der Waals surface area contributed by atoms with Gasteiger partial charge in [0.25, 0.3) is 5.91 Å². The lowest BCUT2D eigenvalue weighted by Gasteiger charge is -2.22. The van der Waals surface area contributed by atoms with E-state index in [0.717, 1.165) is 0 Å². The zero-order valence-electron chi connectivity index (χ0n) is 18.9. The third kappa shape index (κ3) is 7.42. The smallest absolute Gasteiger partial charge is 0.337 e. The molecule has 2 aromatic carbocycles. The fraction of sp³-hybridized carbons (Fsp3) is 0.250. The molecule has 1 aromatic heterocycles. The highest BCUT2D eigenvalue weighted by Gasteiger charge is 2.41. The van der Waals surface area contributed by atoms with E-state index >= 15 is 0 Å². The van der Waals surface area contributed by atoms with Crippen molar-refractivity contribution in [3.8, 4) is 0 Å². The van der Waals surface area contributed by atoms with Crippen molar-refractivity contribution in [1.29, 1.82) is 0 Å². The molecule has 3 aromatic rings. The third-order valence-corrected chi connectivity index (χ3v) is 5.03. The summed E-state index contributed by atoms with van der Waals surface area (Å²) in [6, 6.07) is 12.6. The van der Waals surface area contributed by atoms with Gasteiger partial charge in [0, 0.05) is 55.4 Å². The Bertz CT molecular complexity index is 1180. The molecule has 0 fully saturated rings. The van der Waals surface area contributed by atoms with Gasteiger partial charge in [-0.05, 0) is 42.8 Å². The number of carbonyl (C=O) groups excluding carboxylic acids is 3. The minimum Gasteiger partial charge on any atom is -0.337 e. The maximum absolute atomic E-state index is 12.8. The molecule has 0 saturated heterocycles. The molecule has 0 aliphatic heterocycles. The first-order valence-electron chi connectivity index (χ1n) is 10.8. The Balaban J connectivity index is 1.61. The Morgan fingerprint density at radius 3 is 2.40 bits per heavy atom. The van der Waals surface area contributed by atoms with Crippen LogP contribution in [0.2, 0.25) is 0 Å². The molecule has 0 atom stereocenters. The second kappa shape index (κ2) is 11.3. The lowest BCUT2D eigenvalue weighted by molar-refractivity contribution is -0.185. The minimum absolute atomic E-state index is 0.115. The number of aryl methyl sites for hydroxylation is 1. The van der Waals surface area contributed by atoms with Gasteiger partial charge in [0.05, 0.1) is 6.33 Å². The van der Waals surface area contributed by atoms with Gasteiger partial charge in [0.15, 0.2) is 0 Å². The van der Waals surface area contributed by atoms with Gasteiger partial charge < -0.3 is 20.1 Å². The summed E-state index contributed by atoms with van der Waals surface area (Å²) in [6.07, 6.45) is 0.257. The number of imidazole rings is 1. The van der Waals surface area contributed by atoms with Crippen LogP contribution in [0.5, 0.6) is 0 Å². The molecule has 3 rings (SSSR count). The molecule has 35 heavy (non-hydrogen) atoms.